The minimum atomic E-state index is -0.701. The van der Waals surface area contributed by atoms with E-state index < -0.39 is 17.0 Å². The molecule has 0 spiro atoms. The van der Waals surface area contributed by atoms with Crippen LogP contribution in [-0.4, -0.2) is 26.8 Å². The summed E-state index contributed by atoms with van der Waals surface area (Å²) >= 11 is 1.38. The maximum absolute atomic E-state index is 12.0. The second-order valence-electron chi connectivity index (χ2n) is 5.48. The van der Waals surface area contributed by atoms with Crippen molar-refractivity contribution in [3.05, 3.63) is 70.6 Å². The van der Waals surface area contributed by atoms with Gasteiger partial charge in [0.25, 0.3) is 11.6 Å². The third kappa shape index (κ3) is 4.91. The van der Waals surface area contributed by atoms with Gasteiger partial charge in [-0.3, -0.25) is 14.9 Å². The zero-order chi connectivity index (χ0) is 19.2. The molecule has 0 unspecified atom stereocenters. The number of non-ortho nitro benzene ring substituents is 1. The molecule has 1 heterocycles. The number of thioether (sulfide) groups is 1. The van der Waals surface area contributed by atoms with E-state index in [0.717, 1.165) is 4.90 Å². The second-order valence-corrected chi connectivity index (χ2v) is 6.53. The average molecular weight is 385 g/mol. The number of nitro groups is 1. The van der Waals surface area contributed by atoms with E-state index in [4.69, 9.17) is 9.15 Å². The number of esters is 1. The second kappa shape index (κ2) is 8.45. The minimum absolute atomic E-state index is 0.0308. The van der Waals surface area contributed by atoms with Gasteiger partial charge in [-0.1, -0.05) is 18.2 Å². The van der Waals surface area contributed by atoms with E-state index in [2.05, 4.69) is 10.2 Å². The predicted octanol–water partition coefficient (Wildman–Crippen LogP) is 4.04. The van der Waals surface area contributed by atoms with Crippen molar-refractivity contribution in [3.63, 3.8) is 0 Å². The summed E-state index contributed by atoms with van der Waals surface area (Å²) in [5, 5.41) is 18.5. The van der Waals surface area contributed by atoms with Crippen molar-refractivity contribution in [2.75, 3.05) is 5.75 Å². The van der Waals surface area contributed by atoms with Crippen molar-refractivity contribution < 1.29 is 18.9 Å². The van der Waals surface area contributed by atoms with Crippen molar-refractivity contribution in [1.82, 2.24) is 10.2 Å². The SMILES string of the molecule is C[C@H](OC(=O)CSc1ccccc1)c1nnc(-c2ccc([N+](=O)[O-])cc2)o1. The van der Waals surface area contributed by atoms with Crippen LogP contribution in [0, 0.1) is 10.1 Å². The predicted molar refractivity (Wildman–Crippen MR) is 98.1 cm³/mol. The van der Waals surface area contributed by atoms with Gasteiger partial charge in [-0.2, -0.15) is 0 Å². The highest BCUT2D eigenvalue weighted by Gasteiger charge is 2.19. The highest BCUT2D eigenvalue weighted by Crippen LogP contribution is 2.25. The van der Waals surface area contributed by atoms with Crippen LogP contribution < -0.4 is 0 Å². The quantitative estimate of drug-likeness (QED) is 0.259. The molecular formula is C18H15N3O5S. The van der Waals surface area contributed by atoms with Crippen molar-refractivity contribution in [2.24, 2.45) is 0 Å². The Morgan fingerprint density at radius 1 is 1.19 bits per heavy atom. The van der Waals surface area contributed by atoms with E-state index in [-0.39, 0.29) is 23.2 Å². The van der Waals surface area contributed by atoms with Gasteiger partial charge in [0.2, 0.25) is 5.89 Å². The maximum Gasteiger partial charge on any atom is 0.317 e. The lowest BCUT2D eigenvalue weighted by atomic mass is 10.2. The van der Waals surface area contributed by atoms with Crippen molar-refractivity contribution >= 4 is 23.4 Å². The summed E-state index contributed by atoms with van der Waals surface area (Å²) in [6, 6.07) is 15.3. The van der Waals surface area contributed by atoms with Crippen LogP contribution in [-0.2, 0) is 9.53 Å². The van der Waals surface area contributed by atoms with Gasteiger partial charge in [0.15, 0.2) is 6.10 Å². The molecule has 0 fully saturated rings. The number of carbonyl (C=O) groups excluding carboxylic acids is 1. The Bertz CT molecular complexity index is 928. The van der Waals surface area contributed by atoms with Crippen LogP contribution in [0.1, 0.15) is 18.9 Å². The Balaban J connectivity index is 1.58. The van der Waals surface area contributed by atoms with Gasteiger partial charge in [0.1, 0.15) is 0 Å². The topological polar surface area (TPSA) is 108 Å². The zero-order valence-electron chi connectivity index (χ0n) is 14.3. The van der Waals surface area contributed by atoms with Crippen LogP contribution >= 0.6 is 11.8 Å². The molecule has 1 atom stereocenters. The molecule has 0 aliphatic heterocycles. The molecule has 1 aromatic heterocycles. The lowest BCUT2D eigenvalue weighted by Gasteiger charge is -2.09. The molecule has 0 aliphatic carbocycles. The van der Waals surface area contributed by atoms with Crippen LogP contribution in [0.2, 0.25) is 0 Å². The number of benzene rings is 2. The molecule has 3 rings (SSSR count). The van der Waals surface area contributed by atoms with E-state index in [1.807, 2.05) is 30.3 Å². The number of hydrogen-bond acceptors (Lipinski definition) is 8. The van der Waals surface area contributed by atoms with E-state index >= 15 is 0 Å². The molecule has 9 heteroatoms. The number of aromatic nitrogens is 2. The largest absolute Gasteiger partial charge is 0.452 e. The summed E-state index contributed by atoms with van der Waals surface area (Å²) in [6.07, 6.45) is -0.701. The normalized spacial score (nSPS) is 11.7. The van der Waals surface area contributed by atoms with E-state index in [1.165, 1.54) is 36.0 Å². The third-order valence-corrected chi connectivity index (χ3v) is 4.51. The lowest BCUT2D eigenvalue weighted by Crippen LogP contribution is -2.11. The fourth-order valence-electron chi connectivity index (χ4n) is 2.18. The van der Waals surface area contributed by atoms with Gasteiger partial charge in [0, 0.05) is 22.6 Å². The molecule has 0 N–H and O–H groups in total. The van der Waals surface area contributed by atoms with Gasteiger partial charge >= 0.3 is 5.97 Å². The van der Waals surface area contributed by atoms with Crippen LogP contribution in [0.4, 0.5) is 5.69 Å². The van der Waals surface area contributed by atoms with Crippen LogP contribution in [0.3, 0.4) is 0 Å². The van der Waals surface area contributed by atoms with Gasteiger partial charge in [0.05, 0.1) is 10.7 Å². The highest BCUT2D eigenvalue weighted by atomic mass is 32.2. The van der Waals surface area contributed by atoms with Gasteiger partial charge in [-0.25, -0.2) is 0 Å². The van der Waals surface area contributed by atoms with E-state index in [9.17, 15) is 14.9 Å². The smallest absolute Gasteiger partial charge is 0.317 e. The summed E-state index contributed by atoms with van der Waals surface area (Å²) in [7, 11) is 0. The minimum Gasteiger partial charge on any atom is -0.452 e. The summed E-state index contributed by atoms with van der Waals surface area (Å²) in [4.78, 5) is 23.2. The molecule has 27 heavy (non-hydrogen) atoms. The number of rotatable bonds is 7. The Morgan fingerprint density at radius 3 is 2.56 bits per heavy atom. The highest BCUT2D eigenvalue weighted by molar-refractivity contribution is 8.00. The van der Waals surface area contributed by atoms with Crippen molar-refractivity contribution in [3.8, 4) is 11.5 Å². The molecular weight excluding hydrogens is 370 g/mol. The summed E-state index contributed by atoms with van der Waals surface area (Å²) in [5.74, 6) is 0.117. The first-order chi connectivity index (χ1) is 13.0. The first-order valence-electron chi connectivity index (χ1n) is 7.98. The number of nitrogens with zero attached hydrogens (tertiary/aromatic N) is 3. The summed E-state index contributed by atoms with van der Waals surface area (Å²) < 4.78 is 10.8. The van der Waals surface area contributed by atoms with Crippen molar-refractivity contribution in [2.45, 2.75) is 17.9 Å². The third-order valence-electron chi connectivity index (χ3n) is 3.52. The van der Waals surface area contributed by atoms with Crippen LogP contribution in [0.15, 0.2) is 63.9 Å². The molecule has 0 radical (unpaired) electrons. The molecule has 0 aliphatic rings. The molecule has 0 bridgehead atoms. The zero-order valence-corrected chi connectivity index (χ0v) is 15.1. The standard InChI is InChI=1S/C18H15N3O5S/c1-12(25-16(22)11-27-15-5-3-2-4-6-15)17-19-20-18(26-17)13-7-9-14(10-8-13)21(23)24/h2-10,12H,11H2,1H3/t12-/m0/s1. The number of nitro benzene ring substituents is 1. The summed E-state index contributed by atoms with van der Waals surface area (Å²) in [6.45, 7) is 1.64. The first kappa shape index (κ1) is 18.6. The first-order valence-corrected chi connectivity index (χ1v) is 8.97. The Kier molecular flexibility index (Phi) is 5.82. The van der Waals surface area contributed by atoms with Crippen molar-refractivity contribution in [1.29, 1.82) is 0 Å². The molecule has 2 aromatic carbocycles. The average Bonchev–Trinajstić information content (AvgIpc) is 3.18. The monoisotopic (exact) mass is 385 g/mol. The molecule has 138 valence electrons. The maximum atomic E-state index is 12.0. The van der Waals surface area contributed by atoms with E-state index in [0.29, 0.717) is 5.56 Å². The molecule has 3 aromatic rings. The van der Waals surface area contributed by atoms with Gasteiger partial charge in [-0.05, 0) is 31.2 Å². The Morgan fingerprint density at radius 2 is 1.89 bits per heavy atom. The Hall–Kier alpha value is -3.20. The van der Waals surface area contributed by atoms with Gasteiger partial charge < -0.3 is 9.15 Å². The number of carbonyl (C=O) groups is 1. The summed E-state index contributed by atoms with van der Waals surface area (Å²) in [5.41, 5.74) is 0.509. The number of ether oxygens (including phenoxy) is 1. The van der Waals surface area contributed by atoms with Crippen LogP contribution in [0.5, 0.6) is 0 Å². The fourth-order valence-corrected chi connectivity index (χ4v) is 2.88. The molecule has 8 nitrogen and oxygen atoms in total. The Labute approximate surface area is 158 Å². The molecule has 0 saturated carbocycles. The lowest BCUT2D eigenvalue weighted by molar-refractivity contribution is -0.384. The number of hydrogen-bond donors (Lipinski definition) is 0. The molecule has 0 saturated heterocycles. The van der Waals surface area contributed by atoms with Gasteiger partial charge in [-0.15, -0.1) is 22.0 Å². The van der Waals surface area contributed by atoms with E-state index in [1.54, 1.807) is 6.92 Å². The fraction of sp³-hybridized carbons (Fsp3) is 0.167. The molecule has 0 amide bonds. The van der Waals surface area contributed by atoms with Crippen LogP contribution in [0.25, 0.3) is 11.5 Å².